The van der Waals surface area contributed by atoms with Crippen LogP contribution in [0.3, 0.4) is 0 Å². The topological polar surface area (TPSA) is 105 Å². The third-order valence-electron chi connectivity index (χ3n) is 4.14. The minimum Gasteiger partial charge on any atom is -0.392 e. The second-order valence-electron chi connectivity index (χ2n) is 5.71. The van der Waals surface area contributed by atoms with Crippen LogP contribution in [0.25, 0.3) is 11.0 Å². The molecule has 114 valence electrons. The smallest absolute Gasteiger partial charge is 0.163 e. The monoisotopic (exact) mass is 291 g/mol. The number of nitrogen functional groups attached to an aromatic ring is 1. The van der Waals surface area contributed by atoms with E-state index in [0.717, 1.165) is 24.0 Å². The van der Waals surface area contributed by atoms with Gasteiger partial charge in [-0.1, -0.05) is 6.92 Å². The molecule has 1 saturated heterocycles. The molecule has 1 fully saturated rings. The summed E-state index contributed by atoms with van der Waals surface area (Å²) in [6.45, 7) is 4.27. The van der Waals surface area contributed by atoms with Gasteiger partial charge in [0.2, 0.25) is 0 Å². The fraction of sp³-hybridized carbons (Fsp3) is 0.615. The van der Waals surface area contributed by atoms with E-state index in [1.54, 1.807) is 10.9 Å². The molecule has 4 N–H and O–H groups in total. The number of hydrogen-bond acceptors (Lipinski definition) is 7. The summed E-state index contributed by atoms with van der Waals surface area (Å²) in [5, 5.41) is 15.0. The highest BCUT2D eigenvalue weighted by Crippen LogP contribution is 2.21. The first-order valence-corrected chi connectivity index (χ1v) is 7.14. The Morgan fingerprint density at radius 3 is 3.00 bits per heavy atom. The van der Waals surface area contributed by atoms with Gasteiger partial charge in [0.15, 0.2) is 11.5 Å². The van der Waals surface area contributed by atoms with Crippen LogP contribution < -0.4 is 11.3 Å². The molecular formula is C13H21N7O. The van der Waals surface area contributed by atoms with Gasteiger partial charge in [-0.2, -0.15) is 5.10 Å². The Kier molecular flexibility index (Phi) is 3.75. The number of aryl methyl sites for hydroxylation is 1. The minimum atomic E-state index is -0.286. The van der Waals surface area contributed by atoms with Gasteiger partial charge in [-0.3, -0.25) is 9.58 Å². The average molecular weight is 291 g/mol. The lowest BCUT2D eigenvalue weighted by Crippen LogP contribution is -2.42. The third kappa shape index (κ3) is 2.69. The Morgan fingerprint density at radius 1 is 1.48 bits per heavy atom. The van der Waals surface area contributed by atoms with Crippen LogP contribution in [-0.2, 0) is 13.6 Å². The first-order valence-electron chi connectivity index (χ1n) is 7.14. The van der Waals surface area contributed by atoms with Gasteiger partial charge in [-0.05, 0) is 18.9 Å². The second kappa shape index (κ2) is 5.55. The first kappa shape index (κ1) is 14.2. The molecule has 0 radical (unpaired) electrons. The fourth-order valence-electron chi connectivity index (χ4n) is 2.71. The number of aliphatic hydroxyl groups is 1. The summed E-state index contributed by atoms with van der Waals surface area (Å²) < 4.78 is 1.70. The zero-order chi connectivity index (χ0) is 15.0. The van der Waals surface area contributed by atoms with E-state index in [9.17, 15) is 5.11 Å². The van der Waals surface area contributed by atoms with E-state index >= 15 is 0 Å². The summed E-state index contributed by atoms with van der Waals surface area (Å²) in [6.07, 6.45) is 2.39. The van der Waals surface area contributed by atoms with Crippen LogP contribution in [0, 0.1) is 5.92 Å². The highest BCUT2D eigenvalue weighted by Gasteiger charge is 2.25. The Hall–Kier alpha value is -1.77. The number of likely N-dealkylation sites (tertiary alicyclic amines) is 1. The highest BCUT2D eigenvalue weighted by atomic mass is 16.3. The number of β-amino-alcohol motifs (C(OH)–C–C–N with tert-alkyl or cyclic N) is 1. The van der Waals surface area contributed by atoms with Gasteiger partial charge in [0.05, 0.1) is 24.2 Å². The number of hydrazine groups is 1. The first-order chi connectivity index (χ1) is 10.1. The molecule has 2 unspecified atom stereocenters. The molecule has 1 aliphatic rings. The Morgan fingerprint density at radius 2 is 2.29 bits per heavy atom. The molecule has 2 atom stereocenters. The minimum absolute atomic E-state index is 0.286. The largest absolute Gasteiger partial charge is 0.392 e. The normalized spacial score (nSPS) is 23.6. The Balaban J connectivity index is 1.85. The lowest BCUT2D eigenvalue weighted by molar-refractivity contribution is 0.0249. The van der Waals surface area contributed by atoms with E-state index in [1.165, 1.54) is 0 Å². The standard InChI is InChI=1S/C13H21N7O/c1-8-3-4-20(6-10(8)21)7-11-16-12(18-14)9-5-15-19(2)13(9)17-11/h5,8,10,21H,3-4,6-7,14H2,1-2H3,(H,16,17,18). The summed E-state index contributed by atoms with van der Waals surface area (Å²) in [5.74, 6) is 7.15. The van der Waals surface area contributed by atoms with Gasteiger partial charge in [0, 0.05) is 13.6 Å². The number of fused-ring (bicyclic) bond motifs is 1. The van der Waals surface area contributed by atoms with Gasteiger partial charge in [-0.25, -0.2) is 15.8 Å². The SMILES string of the molecule is CC1CCN(Cc2nc(NN)c3cnn(C)c3n2)CC1O. The van der Waals surface area contributed by atoms with Crippen molar-refractivity contribution in [3.8, 4) is 0 Å². The predicted molar refractivity (Wildman–Crippen MR) is 79.2 cm³/mol. The van der Waals surface area contributed by atoms with Crippen molar-refractivity contribution in [2.45, 2.75) is 26.0 Å². The van der Waals surface area contributed by atoms with Crippen LogP contribution >= 0.6 is 0 Å². The number of aliphatic hydroxyl groups excluding tert-OH is 1. The Bertz CT molecular complexity index is 641. The summed E-state index contributed by atoms with van der Waals surface area (Å²) in [7, 11) is 1.84. The maximum absolute atomic E-state index is 9.98. The third-order valence-corrected chi connectivity index (χ3v) is 4.14. The van der Waals surface area contributed by atoms with Crippen molar-refractivity contribution >= 4 is 16.9 Å². The molecule has 0 saturated carbocycles. The van der Waals surface area contributed by atoms with Crippen LogP contribution in [0.5, 0.6) is 0 Å². The summed E-state index contributed by atoms with van der Waals surface area (Å²) in [5.41, 5.74) is 3.35. The van der Waals surface area contributed by atoms with Crippen molar-refractivity contribution < 1.29 is 5.11 Å². The molecule has 1 aliphatic heterocycles. The molecule has 0 bridgehead atoms. The number of nitrogens with two attached hydrogens (primary N) is 1. The van der Waals surface area contributed by atoms with Crippen molar-refractivity contribution in [3.05, 3.63) is 12.0 Å². The molecule has 0 aromatic carbocycles. The lowest BCUT2D eigenvalue weighted by Gasteiger charge is -2.33. The molecular weight excluding hydrogens is 270 g/mol. The highest BCUT2D eigenvalue weighted by molar-refractivity contribution is 5.86. The molecule has 8 heteroatoms. The van der Waals surface area contributed by atoms with Crippen molar-refractivity contribution in [2.75, 3.05) is 18.5 Å². The summed E-state index contributed by atoms with van der Waals surface area (Å²) >= 11 is 0. The van der Waals surface area contributed by atoms with Crippen molar-refractivity contribution in [1.82, 2.24) is 24.6 Å². The molecule has 8 nitrogen and oxygen atoms in total. The number of rotatable bonds is 3. The molecule has 3 heterocycles. The maximum Gasteiger partial charge on any atom is 0.163 e. The van der Waals surface area contributed by atoms with Gasteiger partial charge in [-0.15, -0.1) is 0 Å². The average Bonchev–Trinajstić information content (AvgIpc) is 2.84. The quantitative estimate of drug-likeness (QED) is 0.533. The molecule has 21 heavy (non-hydrogen) atoms. The van der Waals surface area contributed by atoms with Crippen LogP contribution in [0.15, 0.2) is 6.20 Å². The van der Waals surface area contributed by atoms with E-state index in [4.69, 9.17) is 5.84 Å². The molecule has 0 aliphatic carbocycles. The Labute approximate surface area is 122 Å². The summed E-state index contributed by atoms with van der Waals surface area (Å²) in [4.78, 5) is 11.2. The van der Waals surface area contributed by atoms with Crippen LogP contribution in [0.1, 0.15) is 19.2 Å². The van der Waals surface area contributed by atoms with Gasteiger partial charge in [0.25, 0.3) is 0 Å². The van der Waals surface area contributed by atoms with E-state index < -0.39 is 0 Å². The molecule has 2 aromatic rings. The number of piperidine rings is 1. The van der Waals surface area contributed by atoms with E-state index in [1.807, 2.05) is 7.05 Å². The lowest BCUT2D eigenvalue weighted by atomic mass is 9.96. The van der Waals surface area contributed by atoms with Crippen molar-refractivity contribution in [2.24, 2.45) is 18.8 Å². The van der Waals surface area contributed by atoms with Crippen LogP contribution in [-0.4, -0.2) is 48.9 Å². The van der Waals surface area contributed by atoms with E-state index in [0.29, 0.717) is 30.6 Å². The molecule has 2 aromatic heterocycles. The molecule has 3 rings (SSSR count). The second-order valence-corrected chi connectivity index (χ2v) is 5.71. The number of anilines is 1. The predicted octanol–water partition coefficient (Wildman–Crippen LogP) is -0.148. The molecule has 0 amide bonds. The number of nitrogens with one attached hydrogen (secondary N) is 1. The number of nitrogens with zero attached hydrogens (tertiary/aromatic N) is 5. The fourth-order valence-corrected chi connectivity index (χ4v) is 2.71. The van der Waals surface area contributed by atoms with E-state index in [2.05, 4.69) is 32.3 Å². The van der Waals surface area contributed by atoms with Crippen LogP contribution in [0.4, 0.5) is 5.82 Å². The maximum atomic E-state index is 9.98. The van der Waals surface area contributed by atoms with E-state index in [-0.39, 0.29) is 6.10 Å². The molecule has 0 spiro atoms. The zero-order valence-electron chi connectivity index (χ0n) is 12.3. The number of hydrogen-bond donors (Lipinski definition) is 3. The summed E-state index contributed by atoms with van der Waals surface area (Å²) in [6, 6.07) is 0. The van der Waals surface area contributed by atoms with Gasteiger partial charge >= 0.3 is 0 Å². The van der Waals surface area contributed by atoms with Crippen LogP contribution in [0.2, 0.25) is 0 Å². The number of aromatic nitrogens is 4. The van der Waals surface area contributed by atoms with Crippen molar-refractivity contribution in [3.63, 3.8) is 0 Å². The van der Waals surface area contributed by atoms with Gasteiger partial charge in [0.1, 0.15) is 5.82 Å². The zero-order valence-corrected chi connectivity index (χ0v) is 12.3. The van der Waals surface area contributed by atoms with Gasteiger partial charge < -0.3 is 10.5 Å². The van der Waals surface area contributed by atoms with Crippen molar-refractivity contribution in [1.29, 1.82) is 0 Å².